The molecule has 186 valence electrons. The van der Waals surface area contributed by atoms with Gasteiger partial charge < -0.3 is 14.8 Å². The Kier molecular flexibility index (Phi) is 8.47. The number of aryl methyl sites for hydroxylation is 2. The monoisotopic (exact) mass is 602 g/mol. The summed E-state index contributed by atoms with van der Waals surface area (Å²) in [5.74, 6) is 0.731. The zero-order valence-corrected chi connectivity index (χ0v) is 23.1. The number of fused-ring (bicyclic) bond motifs is 1. The van der Waals surface area contributed by atoms with E-state index in [9.17, 15) is 10.1 Å². The van der Waals surface area contributed by atoms with E-state index in [1.54, 1.807) is 12.1 Å². The van der Waals surface area contributed by atoms with E-state index in [2.05, 4.69) is 58.2 Å². The fraction of sp³-hybridized carbons (Fsp3) is 0.161. The molecule has 0 saturated heterocycles. The highest BCUT2D eigenvalue weighted by atomic mass is 127. The van der Waals surface area contributed by atoms with Crippen molar-refractivity contribution in [1.29, 1.82) is 5.26 Å². The number of ether oxygens (including phenoxy) is 2. The van der Waals surface area contributed by atoms with Gasteiger partial charge in [-0.2, -0.15) is 5.26 Å². The van der Waals surface area contributed by atoms with Crippen LogP contribution in [-0.2, 0) is 11.4 Å². The van der Waals surface area contributed by atoms with Gasteiger partial charge in [0.25, 0.3) is 5.91 Å². The highest BCUT2D eigenvalue weighted by Gasteiger charge is 2.15. The second-order valence-corrected chi connectivity index (χ2v) is 9.82. The fourth-order valence-electron chi connectivity index (χ4n) is 3.89. The molecule has 0 radical (unpaired) electrons. The second-order valence-electron chi connectivity index (χ2n) is 8.66. The normalized spacial score (nSPS) is 11.2. The van der Waals surface area contributed by atoms with Crippen molar-refractivity contribution in [1.82, 2.24) is 0 Å². The minimum atomic E-state index is -0.463. The van der Waals surface area contributed by atoms with Crippen LogP contribution in [-0.4, -0.2) is 12.5 Å². The first-order valence-electron chi connectivity index (χ1n) is 11.9. The predicted molar refractivity (Wildman–Crippen MR) is 157 cm³/mol. The van der Waals surface area contributed by atoms with Crippen molar-refractivity contribution < 1.29 is 14.3 Å². The van der Waals surface area contributed by atoms with E-state index in [1.165, 1.54) is 5.39 Å². The Morgan fingerprint density at radius 2 is 1.76 bits per heavy atom. The van der Waals surface area contributed by atoms with Crippen molar-refractivity contribution in [2.75, 3.05) is 11.9 Å². The maximum atomic E-state index is 12.8. The van der Waals surface area contributed by atoms with E-state index >= 15 is 0 Å². The van der Waals surface area contributed by atoms with Crippen LogP contribution in [0.25, 0.3) is 16.8 Å². The highest BCUT2D eigenvalue weighted by molar-refractivity contribution is 14.1. The lowest BCUT2D eigenvalue weighted by Crippen LogP contribution is -2.13. The zero-order chi connectivity index (χ0) is 26.4. The molecule has 0 heterocycles. The van der Waals surface area contributed by atoms with E-state index in [-0.39, 0.29) is 5.57 Å². The first kappa shape index (κ1) is 26.2. The number of rotatable bonds is 8. The Balaban J connectivity index is 1.56. The third-order valence-electron chi connectivity index (χ3n) is 5.97. The molecule has 4 aromatic carbocycles. The van der Waals surface area contributed by atoms with Crippen molar-refractivity contribution >= 4 is 51.0 Å². The van der Waals surface area contributed by atoms with Crippen molar-refractivity contribution in [2.45, 2.75) is 27.4 Å². The van der Waals surface area contributed by atoms with E-state index in [0.717, 1.165) is 25.6 Å². The van der Waals surface area contributed by atoms with Crippen LogP contribution in [0.15, 0.2) is 78.4 Å². The number of nitrogens with one attached hydrogen (secondary N) is 1. The van der Waals surface area contributed by atoms with Crippen LogP contribution in [0.5, 0.6) is 11.5 Å². The fourth-order valence-corrected chi connectivity index (χ4v) is 4.67. The van der Waals surface area contributed by atoms with Crippen LogP contribution < -0.4 is 14.8 Å². The molecule has 6 heteroatoms. The van der Waals surface area contributed by atoms with Gasteiger partial charge in [0.05, 0.1) is 10.2 Å². The minimum Gasteiger partial charge on any atom is -0.490 e. The molecule has 0 aliphatic carbocycles. The highest BCUT2D eigenvalue weighted by Crippen LogP contribution is 2.36. The van der Waals surface area contributed by atoms with Gasteiger partial charge in [0.15, 0.2) is 11.5 Å². The molecular weight excluding hydrogens is 575 g/mol. The number of carbonyl (C=O) groups excluding carboxylic acids is 1. The molecule has 0 aromatic heterocycles. The average Bonchev–Trinajstić information content (AvgIpc) is 2.89. The first-order chi connectivity index (χ1) is 17.9. The number of amides is 1. The van der Waals surface area contributed by atoms with Crippen LogP contribution >= 0.6 is 22.6 Å². The molecule has 1 N–H and O–H groups in total. The van der Waals surface area contributed by atoms with E-state index in [1.807, 2.05) is 63.2 Å². The van der Waals surface area contributed by atoms with Gasteiger partial charge in [-0.15, -0.1) is 0 Å². The lowest BCUT2D eigenvalue weighted by atomic mass is 10.1. The number of benzene rings is 4. The Morgan fingerprint density at radius 1 is 0.973 bits per heavy atom. The summed E-state index contributed by atoms with van der Waals surface area (Å²) < 4.78 is 12.9. The van der Waals surface area contributed by atoms with Gasteiger partial charge in [-0.25, -0.2) is 0 Å². The molecule has 1 amide bonds. The van der Waals surface area contributed by atoms with Gasteiger partial charge >= 0.3 is 0 Å². The van der Waals surface area contributed by atoms with Crippen LogP contribution in [0, 0.1) is 28.7 Å². The molecular formula is C31H27IN2O3. The van der Waals surface area contributed by atoms with Crippen molar-refractivity contribution in [3.8, 4) is 17.6 Å². The predicted octanol–water partition coefficient (Wildman–Crippen LogP) is 7.58. The standard InChI is InChI=1S/C31H27IN2O3/c1-4-36-29-17-23(15-26(18-33)31(35)34-27-12-9-20(2)21(3)13-27)16-28(32)30(29)37-19-22-10-11-24-7-5-6-8-25(24)14-22/h5-17H,4,19H2,1-3H3,(H,34,35)/b26-15+. The zero-order valence-electron chi connectivity index (χ0n) is 21.0. The Bertz CT molecular complexity index is 1540. The molecule has 4 aromatic rings. The van der Waals surface area contributed by atoms with Gasteiger partial charge in [0.1, 0.15) is 18.2 Å². The summed E-state index contributed by atoms with van der Waals surface area (Å²) in [5, 5.41) is 14.8. The topological polar surface area (TPSA) is 71.3 Å². The van der Waals surface area contributed by atoms with Gasteiger partial charge in [0, 0.05) is 5.69 Å². The number of hydrogen-bond acceptors (Lipinski definition) is 4. The Hall–Kier alpha value is -3.83. The van der Waals surface area contributed by atoms with Crippen LogP contribution in [0.1, 0.15) is 29.2 Å². The lowest BCUT2D eigenvalue weighted by Gasteiger charge is -2.15. The Morgan fingerprint density at radius 3 is 2.49 bits per heavy atom. The third kappa shape index (κ3) is 6.49. The maximum Gasteiger partial charge on any atom is 0.266 e. The number of halogens is 1. The summed E-state index contributed by atoms with van der Waals surface area (Å²) in [6.07, 6.45) is 1.56. The summed E-state index contributed by atoms with van der Waals surface area (Å²) in [7, 11) is 0. The second kappa shape index (κ2) is 11.9. The SMILES string of the molecule is CCOc1cc(/C=C(\C#N)C(=O)Nc2ccc(C)c(C)c2)cc(I)c1OCc1ccc2ccccc2c1. The number of anilines is 1. The summed E-state index contributed by atoms with van der Waals surface area (Å²) in [4.78, 5) is 12.8. The molecule has 0 bridgehead atoms. The van der Waals surface area contributed by atoms with Gasteiger partial charge in [-0.05, 0) is 113 Å². The number of hydrogen-bond donors (Lipinski definition) is 1. The summed E-state index contributed by atoms with van der Waals surface area (Å²) in [6, 6.07) is 25.8. The number of carbonyl (C=O) groups is 1. The lowest BCUT2D eigenvalue weighted by molar-refractivity contribution is -0.112. The van der Waals surface area contributed by atoms with Crippen LogP contribution in [0.3, 0.4) is 0 Å². The molecule has 5 nitrogen and oxygen atoms in total. The quantitative estimate of drug-likeness (QED) is 0.128. The molecule has 0 saturated carbocycles. The van der Waals surface area contributed by atoms with Crippen LogP contribution in [0.2, 0.25) is 0 Å². The molecule has 0 aliphatic heterocycles. The van der Waals surface area contributed by atoms with E-state index < -0.39 is 5.91 Å². The van der Waals surface area contributed by atoms with Gasteiger partial charge in [0.2, 0.25) is 0 Å². The number of nitrogens with zero attached hydrogens (tertiary/aromatic N) is 1. The van der Waals surface area contributed by atoms with Crippen molar-refractivity contribution in [3.05, 3.63) is 104 Å². The first-order valence-corrected chi connectivity index (χ1v) is 13.0. The summed E-state index contributed by atoms with van der Waals surface area (Å²) in [6.45, 7) is 6.73. The maximum absolute atomic E-state index is 12.8. The summed E-state index contributed by atoms with van der Waals surface area (Å²) in [5.41, 5.74) is 4.58. The van der Waals surface area contributed by atoms with Crippen molar-refractivity contribution in [2.24, 2.45) is 0 Å². The molecule has 0 spiro atoms. The van der Waals surface area contributed by atoms with Crippen LogP contribution in [0.4, 0.5) is 5.69 Å². The molecule has 37 heavy (non-hydrogen) atoms. The van der Waals surface area contributed by atoms with E-state index in [0.29, 0.717) is 36.0 Å². The molecule has 0 atom stereocenters. The van der Waals surface area contributed by atoms with E-state index in [4.69, 9.17) is 9.47 Å². The van der Waals surface area contributed by atoms with Gasteiger partial charge in [-0.1, -0.05) is 42.5 Å². The minimum absolute atomic E-state index is 0.00121. The largest absolute Gasteiger partial charge is 0.490 e. The Labute approximate surface area is 230 Å². The molecule has 0 unspecified atom stereocenters. The third-order valence-corrected chi connectivity index (χ3v) is 6.77. The number of nitriles is 1. The smallest absolute Gasteiger partial charge is 0.266 e. The molecule has 0 aliphatic rings. The van der Waals surface area contributed by atoms with Crippen molar-refractivity contribution in [3.63, 3.8) is 0 Å². The summed E-state index contributed by atoms with van der Waals surface area (Å²) >= 11 is 2.19. The average molecular weight is 602 g/mol. The van der Waals surface area contributed by atoms with Gasteiger partial charge in [-0.3, -0.25) is 4.79 Å². The molecule has 0 fully saturated rings. The molecule has 4 rings (SSSR count).